The average Bonchev–Trinajstić information content (AvgIpc) is 3.26. The quantitative estimate of drug-likeness (QED) is 0.474. The van der Waals surface area contributed by atoms with Gasteiger partial charge >= 0.3 is 6.03 Å². The topological polar surface area (TPSA) is 96.8 Å². The van der Waals surface area contributed by atoms with Crippen LogP contribution in [0.25, 0.3) is 5.82 Å². The van der Waals surface area contributed by atoms with Crippen molar-refractivity contribution in [3.8, 4) is 5.82 Å². The minimum Gasteiger partial charge on any atom is -0.340 e. The van der Waals surface area contributed by atoms with Crippen LogP contribution in [0.1, 0.15) is 5.56 Å². The first-order chi connectivity index (χ1) is 14.2. The van der Waals surface area contributed by atoms with E-state index in [1.807, 2.05) is 67.7 Å². The standard InChI is InChI=1S/C21H19N7O/c1-15-5-2-3-6-18(15)27-21(29)26-17-9-7-16(8-10-17)25-19-13-20(23-14-22-19)28-12-4-11-24-28/h2-14H,1H3,(H,22,23,25)(H2,26,27,29). The van der Waals surface area contributed by atoms with Crippen molar-refractivity contribution in [3.63, 3.8) is 0 Å². The second-order valence-corrected chi connectivity index (χ2v) is 6.31. The van der Waals surface area contributed by atoms with Crippen LogP contribution in [-0.4, -0.2) is 25.8 Å². The van der Waals surface area contributed by atoms with Crippen molar-refractivity contribution < 1.29 is 4.79 Å². The number of carbonyl (C=O) groups excluding carboxylic acids is 1. The van der Waals surface area contributed by atoms with Crippen LogP contribution in [0.3, 0.4) is 0 Å². The molecule has 0 spiro atoms. The molecular formula is C21H19N7O. The summed E-state index contributed by atoms with van der Waals surface area (Å²) in [4.78, 5) is 20.6. The number of hydrogen-bond donors (Lipinski definition) is 3. The van der Waals surface area contributed by atoms with Crippen molar-refractivity contribution in [1.29, 1.82) is 0 Å². The van der Waals surface area contributed by atoms with E-state index < -0.39 is 0 Å². The Morgan fingerprint density at radius 3 is 2.48 bits per heavy atom. The summed E-state index contributed by atoms with van der Waals surface area (Å²) >= 11 is 0. The van der Waals surface area contributed by atoms with Crippen LogP contribution in [0, 0.1) is 6.92 Å². The molecule has 2 aromatic heterocycles. The molecule has 3 N–H and O–H groups in total. The normalized spacial score (nSPS) is 10.4. The molecule has 0 atom stereocenters. The number of aromatic nitrogens is 4. The Kier molecular flexibility index (Phi) is 5.15. The molecule has 144 valence electrons. The van der Waals surface area contributed by atoms with Crippen LogP contribution < -0.4 is 16.0 Å². The van der Waals surface area contributed by atoms with E-state index in [1.54, 1.807) is 16.9 Å². The van der Waals surface area contributed by atoms with Gasteiger partial charge in [0.25, 0.3) is 0 Å². The summed E-state index contributed by atoms with van der Waals surface area (Å²) in [6.45, 7) is 1.95. The lowest BCUT2D eigenvalue weighted by Crippen LogP contribution is -2.19. The van der Waals surface area contributed by atoms with Gasteiger partial charge in [0.2, 0.25) is 0 Å². The molecule has 29 heavy (non-hydrogen) atoms. The third-order valence-corrected chi connectivity index (χ3v) is 4.20. The Hall–Kier alpha value is -4.20. The number of hydrogen-bond acceptors (Lipinski definition) is 5. The SMILES string of the molecule is Cc1ccccc1NC(=O)Nc1ccc(Nc2cc(-n3cccn3)ncn2)cc1. The van der Waals surface area contributed by atoms with E-state index in [1.165, 1.54) is 6.33 Å². The smallest absolute Gasteiger partial charge is 0.323 e. The highest BCUT2D eigenvalue weighted by Gasteiger charge is 2.05. The predicted octanol–water partition coefficient (Wildman–Crippen LogP) is 4.36. The molecule has 2 heterocycles. The Morgan fingerprint density at radius 2 is 1.72 bits per heavy atom. The molecule has 4 aromatic rings. The zero-order valence-corrected chi connectivity index (χ0v) is 15.7. The Labute approximate surface area is 167 Å². The summed E-state index contributed by atoms with van der Waals surface area (Å²) in [5.74, 6) is 1.31. The zero-order chi connectivity index (χ0) is 20.1. The van der Waals surface area contributed by atoms with Crippen LogP contribution in [-0.2, 0) is 0 Å². The fraction of sp³-hybridized carbons (Fsp3) is 0.0476. The van der Waals surface area contributed by atoms with E-state index in [4.69, 9.17) is 0 Å². The number of nitrogens with one attached hydrogen (secondary N) is 3. The maximum absolute atomic E-state index is 12.2. The van der Waals surface area contributed by atoms with E-state index in [0.29, 0.717) is 17.3 Å². The fourth-order valence-corrected chi connectivity index (χ4v) is 2.73. The van der Waals surface area contributed by atoms with Crippen LogP contribution >= 0.6 is 0 Å². The lowest BCUT2D eigenvalue weighted by molar-refractivity contribution is 0.262. The number of amides is 2. The number of nitrogens with zero attached hydrogens (tertiary/aromatic N) is 4. The monoisotopic (exact) mass is 385 g/mol. The van der Waals surface area contributed by atoms with E-state index >= 15 is 0 Å². The second kappa shape index (κ2) is 8.22. The maximum atomic E-state index is 12.2. The summed E-state index contributed by atoms with van der Waals surface area (Å²) in [6.07, 6.45) is 4.98. The second-order valence-electron chi connectivity index (χ2n) is 6.31. The van der Waals surface area contributed by atoms with Gasteiger partial charge in [-0.1, -0.05) is 18.2 Å². The predicted molar refractivity (Wildman–Crippen MR) is 113 cm³/mol. The molecule has 0 bridgehead atoms. The van der Waals surface area contributed by atoms with Gasteiger partial charge in [0, 0.05) is 35.5 Å². The van der Waals surface area contributed by atoms with E-state index in [-0.39, 0.29) is 6.03 Å². The first-order valence-electron chi connectivity index (χ1n) is 9.00. The van der Waals surface area contributed by atoms with Crippen LogP contribution in [0.2, 0.25) is 0 Å². The average molecular weight is 385 g/mol. The van der Waals surface area contributed by atoms with Gasteiger partial charge in [-0.2, -0.15) is 5.10 Å². The van der Waals surface area contributed by atoms with Gasteiger partial charge < -0.3 is 16.0 Å². The molecule has 0 aliphatic rings. The number of anilines is 4. The Bertz CT molecular complexity index is 1110. The first kappa shape index (κ1) is 18.2. The maximum Gasteiger partial charge on any atom is 0.323 e. The van der Waals surface area contributed by atoms with Crippen molar-refractivity contribution in [1.82, 2.24) is 19.7 Å². The van der Waals surface area contributed by atoms with Crippen molar-refractivity contribution in [3.05, 3.63) is 84.9 Å². The highest BCUT2D eigenvalue weighted by atomic mass is 16.2. The van der Waals surface area contributed by atoms with Gasteiger partial charge in [-0.3, -0.25) is 0 Å². The number of aryl methyl sites for hydroxylation is 1. The molecule has 0 radical (unpaired) electrons. The molecule has 0 fully saturated rings. The molecule has 0 aliphatic heterocycles. The van der Waals surface area contributed by atoms with Crippen molar-refractivity contribution in [2.75, 3.05) is 16.0 Å². The van der Waals surface area contributed by atoms with Crippen LogP contribution in [0.4, 0.5) is 27.7 Å². The van der Waals surface area contributed by atoms with E-state index in [9.17, 15) is 4.79 Å². The highest BCUT2D eigenvalue weighted by Crippen LogP contribution is 2.19. The Morgan fingerprint density at radius 1 is 0.931 bits per heavy atom. The zero-order valence-electron chi connectivity index (χ0n) is 15.7. The van der Waals surface area contributed by atoms with Gasteiger partial charge in [0.15, 0.2) is 5.82 Å². The third kappa shape index (κ3) is 4.56. The largest absolute Gasteiger partial charge is 0.340 e. The number of rotatable bonds is 5. The van der Waals surface area contributed by atoms with Gasteiger partial charge in [0.1, 0.15) is 12.1 Å². The molecule has 8 nitrogen and oxygen atoms in total. The molecule has 0 saturated heterocycles. The summed E-state index contributed by atoms with van der Waals surface area (Å²) in [7, 11) is 0. The lowest BCUT2D eigenvalue weighted by Gasteiger charge is -2.11. The number of carbonyl (C=O) groups is 1. The fourth-order valence-electron chi connectivity index (χ4n) is 2.73. The van der Waals surface area contributed by atoms with Crippen molar-refractivity contribution in [2.45, 2.75) is 6.92 Å². The third-order valence-electron chi connectivity index (χ3n) is 4.20. The van der Waals surface area contributed by atoms with Crippen molar-refractivity contribution >= 4 is 28.9 Å². The molecule has 8 heteroatoms. The van der Waals surface area contributed by atoms with Gasteiger partial charge in [-0.25, -0.2) is 19.4 Å². The number of benzene rings is 2. The number of urea groups is 1. The summed E-state index contributed by atoms with van der Waals surface area (Å²) < 4.78 is 1.66. The molecule has 2 amide bonds. The Balaban J connectivity index is 1.39. The molecule has 0 unspecified atom stereocenters. The van der Waals surface area contributed by atoms with Gasteiger partial charge in [-0.15, -0.1) is 0 Å². The van der Waals surface area contributed by atoms with Crippen LogP contribution in [0.5, 0.6) is 0 Å². The molecule has 0 aliphatic carbocycles. The van der Waals surface area contributed by atoms with E-state index in [2.05, 4.69) is 31.0 Å². The summed E-state index contributed by atoms with van der Waals surface area (Å²) in [5.41, 5.74) is 3.29. The highest BCUT2D eigenvalue weighted by molar-refractivity contribution is 6.00. The summed E-state index contributed by atoms with van der Waals surface area (Å²) in [5, 5.41) is 13.0. The molecule has 4 rings (SSSR count). The lowest BCUT2D eigenvalue weighted by atomic mass is 10.2. The number of para-hydroxylation sites is 1. The van der Waals surface area contributed by atoms with E-state index in [0.717, 1.165) is 16.9 Å². The molecule has 2 aromatic carbocycles. The van der Waals surface area contributed by atoms with Gasteiger partial charge in [0.05, 0.1) is 0 Å². The van der Waals surface area contributed by atoms with Crippen molar-refractivity contribution in [2.24, 2.45) is 0 Å². The minimum absolute atomic E-state index is 0.292. The molecule has 0 saturated carbocycles. The minimum atomic E-state index is -0.292. The first-order valence-corrected chi connectivity index (χ1v) is 9.00. The van der Waals surface area contributed by atoms with Crippen LogP contribution in [0.15, 0.2) is 79.4 Å². The van der Waals surface area contributed by atoms with Gasteiger partial charge in [-0.05, 0) is 48.9 Å². The summed E-state index contributed by atoms with van der Waals surface area (Å²) in [6, 6.07) is 18.3. The molecular weight excluding hydrogens is 366 g/mol.